The normalized spacial score (nSPS) is 16.9. The van der Waals surface area contributed by atoms with Crippen molar-refractivity contribution in [2.75, 3.05) is 36.9 Å². The number of nitrogens with one attached hydrogen (secondary N) is 1. The van der Waals surface area contributed by atoms with Crippen LogP contribution >= 0.6 is 0 Å². The predicted molar refractivity (Wildman–Crippen MR) is 117 cm³/mol. The Morgan fingerprint density at radius 1 is 1.22 bits per heavy atom. The third-order valence-electron chi connectivity index (χ3n) is 5.56. The number of aromatic amines is 1. The third-order valence-corrected chi connectivity index (χ3v) is 8.47. The first-order valence-corrected chi connectivity index (χ1v) is 13.3. The molecule has 0 aliphatic carbocycles. The molecule has 1 aromatic carbocycles. The molecule has 1 aromatic heterocycles. The molecule has 1 aliphatic rings. The van der Waals surface area contributed by atoms with Crippen molar-refractivity contribution >= 4 is 25.5 Å². The van der Waals surface area contributed by atoms with E-state index in [0.717, 1.165) is 0 Å². The molecule has 0 radical (unpaired) electrons. The molecule has 1 saturated heterocycles. The maximum absolute atomic E-state index is 13.1. The van der Waals surface area contributed by atoms with Crippen molar-refractivity contribution in [2.45, 2.75) is 35.1 Å². The fraction of sp³-hybridized carbons (Fsp3) is 0.588. The maximum Gasteiger partial charge on any atom is 0.240 e. The molecule has 0 amide bonds. The Morgan fingerprint density at radius 3 is 2.44 bits per heavy atom. The van der Waals surface area contributed by atoms with Gasteiger partial charge in [0.2, 0.25) is 15.8 Å². The molecule has 0 spiro atoms. The number of anilines is 1. The number of rotatable bonds is 9. The average molecular weight is 489 g/mol. The summed E-state index contributed by atoms with van der Waals surface area (Å²) in [6.45, 7) is 1.21. The van der Waals surface area contributed by atoms with Crippen LogP contribution in [0.15, 0.2) is 21.9 Å². The minimum Gasteiger partial charge on any atom is -0.396 e. The second-order valence-electron chi connectivity index (χ2n) is 7.78. The zero-order valence-corrected chi connectivity index (χ0v) is 19.0. The lowest BCUT2D eigenvalue weighted by Gasteiger charge is -2.34. The molecule has 0 bridgehead atoms. The number of aliphatic hydroxyl groups is 1. The van der Waals surface area contributed by atoms with Gasteiger partial charge in [-0.1, -0.05) is 0 Å². The van der Waals surface area contributed by atoms with E-state index in [4.69, 9.17) is 16.6 Å². The molecule has 178 valence electrons. The summed E-state index contributed by atoms with van der Waals surface area (Å²) < 4.78 is 51.5. The smallest absolute Gasteiger partial charge is 0.240 e. The van der Waals surface area contributed by atoms with Gasteiger partial charge < -0.3 is 21.5 Å². The third kappa shape index (κ3) is 5.24. The molecule has 2 aromatic rings. The van der Waals surface area contributed by atoms with Crippen LogP contribution in [0.25, 0.3) is 11.4 Å². The molecule has 0 saturated carbocycles. The molecule has 1 aliphatic heterocycles. The van der Waals surface area contributed by atoms with Gasteiger partial charge in [-0.05, 0) is 42.5 Å². The highest BCUT2D eigenvalue weighted by Gasteiger charge is 2.33. The van der Waals surface area contributed by atoms with Gasteiger partial charge in [0.1, 0.15) is 4.90 Å². The van der Waals surface area contributed by atoms with E-state index in [-0.39, 0.29) is 36.9 Å². The summed E-state index contributed by atoms with van der Waals surface area (Å²) in [5.74, 6) is -0.353. The number of H-pyrrole nitrogens is 1. The Morgan fingerprint density at radius 2 is 1.91 bits per heavy atom. The maximum atomic E-state index is 13.1. The number of hydrogen-bond donors (Lipinski definition) is 5. The summed E-state index contributed by atoms with van der Waals surface area (Å²) in [5, 5.41) is 28.5. The Bertz CT molecular complexity index is 1130. The van der Waals surface area contributed by atoms with Gasteiger partial charge in [-0.2, -0.15) is 5.21 Å². The first kappa shape index (κ1) is 24.5. The van der Waals surface area contributed by atoms with Crippen LogP contribution in [-0.2, 0) is 19.9 Å². The van der Waals surface area contributed by atoms with E-state index in [9.17, 15) is 21.9 Å². The van der Waals surface area contributed by atoms with E-state index in [1.165, 1.54) is 12.1 Å². The molecule has 8 N–H and O–H groups in total. The van der Waals surface area contributed by atoms with E-state index in [1.807, 2.05) is 4.90 Å². The molecule has 13 nitrogen and oxygen atoms in total. The van der Waals surface area contributed by atoms with Gasteiger partial charge in [0.15, 0.2) is 9.84 Å². The number of piperidine rings is 1. The highest BCUT2D eigenvalue weighted by atomic mass is 32.2. The lowest BCUT2D eigenvalue weighted by atomic mass is 9.97. The standard InChI is InChI=1S/C17H28N8O5S2/c18-9-12(19)5-8-31(27,28)14-2-1-13(25-6-3-11(10-26)4-7-25)15(16(14)32(20,29)30)17-21-23-24-22-17/h1-2,11-12,26H,3-10,18-19H2,(H2,20,29,30)(H,21,22,23,24)/t12-/m1/s1. The van der Waals surface area contributed by atoms with Crippen LogP contribution in [0.4, 0.5) is 5.69 Å². The SMILES string of the molecule is NC[C@H](N)CCS(=O)(=O)c1ccc(N2CCC(CO)CC2)c(-c2nn[nH]n2)c1S(N)(=O)=O. The van der Waals surface area contributed by atoms with Gasteiger partial charge in [0, 0.05) is 38.0 Å². The fourth-order valence-corrected chi connectivity index (χ4v) is 6.77. The first-order chi connectivity index (χ1) is 15.1. The topological polar surface area (TPSA) is 224 Å². The van der Waals surface area contributed by atoms with E-state index in [2.05, 4.69) is 20.6 Å². The molecule has 2 heterocycles. The van der Waals surface area contributed by atoms with Crippen molar-refractivity contribution in [3.8, 4) is 11.4 Å². The molecular weight excluding hydrogens is 460 g/mol. The minimum atomic E-state index is -4.52. The second-order valence-corrected chi connectivity index (χ2v) is 11.4. The lowest BCUT2D eigenvalue weighted by Crippen LogP contribution is -2.35. The molecule has 0 unspecified atom stereocenters. The molecule has 32 heavy (non-hydrogen) atoms. The zero-order chi connectivity index (χ0) is 23.5. The summed E-state index contributed by atoms with van der Waals surface area (Å²) in [4.78, 5) is 0.868. The van der Waals surface area contributed by atoms with Gasteiger partial charge in [0.05, 0.1) is 16.2 Å². The highest BCUT2D eigenvalue weighted by Crippen LogP contribution is 2.39. The number of benzene rings is 1. The summed E-state index contributed by atoms with van der Waals surface area (Å²) in [6, 6.07) is 2.21. The van der Waals surface area contributed by atoms with Crippen LogP contribution in [0, 0.1) is 5.92 Å². The molecule has 1 fully saturated rings. The molecule has 3 rings (SSSR count). The Hall–Kier alpha value is -2.17. The van der Waals surface area contributed by atoms with Crippen molar-refractivity contribution < 1.29 is 21.9 Å². The summed E-state index contributed by atoms with van der Waals surface area (Å²) >= 11 is 0. The number of sulfone groups is 1. The van der Waals surface area contributed by atoms with Crippen molar-refractivity contribution in [3.63, 3.8) is 0 Å². The van der Waals surface area contributed by atoms with Gasteiger partial charge in [0.25, 0.3) is 0 Å². The van der Waals surface area contributed by atoms with Crippen LogP contribution in [0.2, 0.25) is 0 Å². The van der Waals surface area contributed by atoms with E-state index < -0.39 is 41.4 Å². The molecule has 15 heteroatoms. The number of tetrazole rings is 1. The van der Waals surface area contributed by atoms with Crippen LogP contribution in [0.3, 0.4) is 0 Å². The van der Waals surface area contributed by atoms with Gasteiger partial charge in [-0.25, -0.2) is 22.0 Å². The van der Waals surface area contributed by atoms with Crippen LogP contribution in [-0.4, -0.2) is 80.6 Å². The number of nitrogens with two attached hydrogens (primary N) is 3. The number of primary sulfonamides is 1. The average Bonchev–Trinajstić information content (AvgIpc) is 3.30. The van der Waals surface area contributed by atoms with Gasteiger partial charge >= 0.3 is 0 Å². The fourth-order valence-electron chi connectivity index (χ4n) is 3.72. The van der Waals surface area contributed by atoms with Gasteiger partial charge in [-0.15, -0.1) is 10.2 Å². The quantitative estimate of drug-likeness (QED) is 0.264. The van der Waals surface area contributed by atoms with E-state index >= 15 is 0 Å². The number of hydrogen-bond acceptors (Lipinski definition) is 11. The van der Waals surface area contributed by atoms with Gasteiger partial charge in [-0.3, -0.25) is 0 Å². The van der Waals surface area contributed by atoms with E-state index in [0.29, 0.717) is 31.6 Å². The van der Waals surface area contributed by atoms with Crippen LogP contribution in [0.5, 0.6) is 0 Å². The van der Waals surface area contributed by atoms with Crippen molar-refractivity contribution in [1.82, 2.24) is 20.6 Å². The number of nitrogens with zero attached hydrogens (tertiary/aromatic N) is 4. The largest absolute Gasteiger partial charge is 0.396 e. The predicted octanol–water partition coefficient (Wildman–Crippen LogP) is -1.83. The van der Waals surface area contributed by atoms with Crippen molar-refractivity contribution in [1.29, 1.82) is 0 Å². The second kappa shape index (κ2) is 9.76. The molecule has 1 atom stereocenters. The Labute approximate surface area is 186 Å². The van der Waals surface area contributed by atoms with E-state index in [1.54, 1.807) is 0 Å². The Kier molecular flexibility index (Phi) is 7.46. The summed E-state index contributed by atoms with van der Waals surface area (Å²) in [5.41, 5.74) is 11.6. The number of aromatic nitrogens is 4. The number of sulfonamides is 1. The van der Waals surface area contributed by atoms with Crippen molar-refractivity contribution in [3.05, 3.63) is 12.1 Å². The highest BCUT2D eigenvalue weighted by molar-refractivity contribution is 7.93. The molecular formula is C17H28N8O5S2. The first-order valence-electron chi connectivity index (χ1n) is 10.1. The Balaban J connectivity index is 2.18. The lowest BCUT2D eigenvalue weighted by molar-refractivity contribution is 0.203. The monoisotopic (exact) mass is 488 g/mol. The van der Waals surface area contributed by atoms with Crippen molar-refractivity contribution in [2.24, 2.45) is 22.5 Å². The van der Waals surface area contributed by atoms with Crippen LogP contribution in [0.1, 0.15) is 19.3 Å². The summed E-state index contributed by atoms with van der Waals surface area (Å²) in [7, 11) is -8.60. The summed E-state index contributed by atoms with van der Waals surface area (Å²) in [6.07, 6.45) is 1.42. The zero-order valence-electron chi connectivity index (χ0n) is 17.4. The minimum absolute atomic E-state index is 0.0344. The number of aliphatic hydroxyl groups excluding tert-OH is 1. The van der Waals surface area contributed by atoms with Crippen LogP contribution < -0.4 is 21.5 Å².